The lowest BCUT2D eigenvalue weighted by molar-refractivity contribution is -0.131. The van der Waals surface area contributed by atoms with Crippen molar-refractivity contribution in [3.63, 3.8) is 0 Å². The molecule has 5 nitrogen and oxygen atoms in total. The molecule has 5 heteroatoms. The summed E-state index contributed by atoms with van der Waals surface area (Å²) in [5, 5.41) is 8.71. The van der Waals surface area contributed by atoms with Gasteiger partial charge in [-0.25, -0.2) is 4.79 Å². The summed E-state index contributed by atoms with van der Waals surface area (Å²) < 4.78 is 6.25. The minimum Gasteiger partial charge on any atom is -0.486 e. The van der Waals surface area contributed by atoms with Crippen molar-refractivity contribution in [3.05, 3.63) is 35.4 Å². The topological polar surface area (TPSA) is 66.8 Å². The second-order valence-corrected chi connectivity index (χ2v) is 6.94. The Hall–Kier alpha value is -2.14. The van der Waals surface area contributed by atoms with Crippen LogP contribution in [0.5, 0.6) is 5.75 Å². The summed E-state index contributed by atoms with van der Waals surface area (Å²) in [4.78, 5) is 25.7. The van der Waals surface area contributed by atoms with E-state index in [0.29, 0.717) is 29.3 Å². The molecule has 128 valence electrons. The van der Waals surface area contributed by atoms with Gasteiger partial charge in [-0.2, -0.15) is 0 Å². The number of benzene rings is 1. The number of rotatable bonds is 3. The van der Waals surface area contributed by atoms with Crippen molar-refractivity contribution in [1.82, 2.24) is 4.90 Å². The second-order valence-electron chi connectivity index (χ2n) is 6.94. The predicted molar refractivity (Wildman–Crippen MR) is 91.4 cm³/mol. The summed E-state index contributed by atoms with van der Waals surface area (Å²) in [6.07, 6.45) is 4.67. The van der Waals surface area contributed by atoms with E-state index in [9.17, 15) is 9.59 Å². The van der Waals surface area contributed by atoms with Gasteiger partial charge in [0.2, 0.25) is 0 Å². The van der Waals surface area contributed by atoms with E-state index in [2.05, 4.69) is 18.7 Å². The fraction of sp³-hybridized carbons (Fsp3) is 0.474. The number of piperidine rings is 1. The molecular weight excluding hydrogens is 306 g/mol. The highest BCUT2D eigenvalue weighted by atomic mass is 16.5. The number of ether oxygens (including phenoxy) is 1. The average Bonchev–Trinajstić information content (AvgIpc) is 2.53. The van der Waals surface area contributed by atoms with Crippen LogP contribution in [0.4, 0.5) is 0 Å². The molecule has 1 aromatic carbocycles. The van der Waals surface area contributed by atoms with Crippen molar-refractivity contribution in [2.75, 3.05) is 13.1 Å². The number of hydrogen-bond donors (Lipinski definition) is 1. The van der Waals surface area contributed by atoms with Crippen LogP contribution in [0.25, 0.3) is 6.08 Å². The first-order chi connectivity index (χ1) is 11.4. The third kappa shape index (κ3) is 3.36. The van der Waals surface area contributed by atoms with Crippen molar-refractivity contribution in [2.24, 2.45) is 0 Å². The highest BCUT2D eigenvalue weighted by molar-refractivity contribution is 6.01. The molecular formula is C19H23NO4. The maximum absolute atomic E-state index is 12.6. The molecule has 0 bridgehead atoms. The summed E-state index contributed by atoms with van der Waals surface area (Å²) in [5.74, 6) is -0.303. The van der Waals surface area contributed by atoms with Gasteiger partial charge in [0.15, 0.2) is 5.78 Å². The fourth-order valence-corrected chi connectivity index (χ4v) is 3.51. The number of likely N-dealkylation sites (tertiary alicyclic amines) is 1. The van der Waals surface area contributed by atoms with Crippen LogP contribution < -0.4 is 4.74 Å². The first-order valence-corrected chi connectivity index (χ1v) is 8.40. The number of carbonyl (C=O) groups excluding carboxylic acids is 1. The SMILES string of the molecule is CC(C)N1CCC2(CC1)CC(=O)c1cc(/C=C/C(=O)O)ccc1O2. The van der Waals surface area contributed by atoms with Gasteiger partial charge in [-0.1, -0.05) is 6.07 Å². The molecule has 0 aromatic heterocycles. The van der Waals surface area contributed by atoms with E-state index in [1.54, 1.807) is 18.2 Å². The molecule has 3 rings (SSSR count). The Kier molecular flexibility index (Phi) is 4.45. The van der Waals surface area contributed by atoms with Gasteiger partial charge in [-0.15, -0.1) is 0 Å². The minimum atomic E-state index is -1.01. The van der Waals surface area contributed by atoms with Crippen LogP contribution in [0, 0.1) is 0 Å². The largest absolute Gasteiger partial charge is 0.486 e. The lowest BCUT2D eigenvalue weighted by Gasteiger charge is -2.45. The smallest absolute Gasteiger partial charge is 0.328 e. The van der Waals surface area contributed by atoms with Crippen molar-refractivity contribution in [1.29, 1.82) is 0 Å². The summed E-state index contributed by atoms with van der Waals surface area (Å²) in [6.45, 7) is 6.26. The highest BCUT2D eigenvalue weighted by Crippen LogP contribution is 2.40. The first kappa shape index (κ1) is 16.7. The van der Waals surface area contributed by atoms with Crippen LogP contribution in [0.2, 0.25) is 0 Å². The third-order valence-corrected chi connectivity index (χ3v) is 4.97. The molecule has 0 amide bonds. The lowest BCUT2D eigenvalue weighted by Crippen LogP contribution is -2.52. The number of carbonyl (C=O) groups is 2. The van der Waals surface area contributed by atoms with Gasteiger partial charge in [0.25, 0.3) is 0 Å². The number of carboxylic acid groups (broad SMARTS) is 1. The number of Topliss-reactive ketones (excluding diaryl/α,β-unsaturated/α-hetero) is 1. The third-order valence-electron chi connectivity index (χ3n) is 4.97. The highest BCUT2D eigenvalue weighted by Gasteiger charge is 2.43. The molecule has 2 heterocycles. The Labute approximate surface area is 141 Å². The monoisotopic (exact) mass is 329 g/mol. The van der Waals surface area contributed by atoms with Crippen LogP contribution in [-0.4, -0.2) is 46.5 Å². The Morgan fingerprint density at radius 1 is 1.33 bits per heavy atom. The van der Waals surface area contributed by atoms with Crippen molar-refractivity contribution < 1.29 is 19.4 Å². The molecule has 1 aromatic rings. The zero-order valence-electron chi connectivity index (χ0n) is 14.1. The number of hydrogen-bond acceptors (Lipinski definition) is 4. The molecule has 24 heavy (non-hydrogen) atoms. The van der Waals surface area contributed by atoms with Crippen LogP contribution in [0.15, 0.2) is 24.3 Å². The van der Waals surface area contributed by atoms with Gasteiger partial charge in [-0.05, 0) is 37.6 Å². The van der Waals surface area contributed by atoms with Crippen molar-refractivity contribution >= 4 is 17.8 Å². The maximum Gasteiger partial charge on any atom is 0.328 e. The van der Waals surface area contributed by atoms with E-state index in [1.807, 2.05) is 0 Å². The number of fused-ring (bicyclic) bond motifs is 1. The first-order valence-electron chi connectivity index (χ1n) is 8.40. The summed E-state index contributed by atoms with van der Waals surface area (Å²) in [5.41, 5.74) is 0.867. The Bertz CT molecular complexity index is 685. The van der Waals surface area contributed by atoms with Gasteiger partial charge < -0.3 is 14.7 Å². The van der Waals surface area contributed by atoms with E-state index < -0.39 is 5.97 Å². The van der Waals surface area contributed by atoms with Gasteiger partial charge >= 0.3 is 5.97 Å². The van der Waals surface area contributed by atoms with Gasteiger partial charge in [0.1, 0.15) is 11.4 Å². The second kappa shape index (κ2) is 6.40. The molecule has 0 saturated carbocycles. The zero-order chi connectivity index (χ0) is 17.3. The van der Waals surface area contributed by atoms with Crippen LogP contribution in [0.3, 0.4) is 0 Å². The Balaban J connectivity index is 1.79. The molecule has 2 aliphatic heterocycles. The van der Waals surface area contributed by atoms with Gasteiger partial charge in [0, 0.05) is 38.0 Å². The molecule has 1 fully saturated rings. The zero-order valence-corrected chi connectivity index (χ0v) is 14.1. The predicted octanol–water partition coefficient (Wildman–Crippen LogP) is 2.99. The van der Waals surface area contributed by atoms with E-state index in [4.69, 9.17) is 9.84 Å². The maximum atomic E-state index is 12.6. The molecule has 1 spiro atoms. The van der Waals surface area contributed by atoms with E-state index in [-0.39, 0.29) is 11.4 Å². The van der Waals surface area contributed by atoms with Crippen LogP contribution >= 0.6 is 0 Å². The summed E-state index contributed by atoms with van der Waals surface area (Å²) >= 11 is 0. The summed E-state index contributed by atoms with van der Waals surface area (Å²) in [6, 6.07) is 5.79. The fourth-order valence-electron chi connectivity index (χ4n) is 3.51. The minimum absolute atomic E-state index is 0.0832. The summed E-state index contributed by atoms with van der Waals surface area (Å²) in [7, 11) is 0. The van der Waals surface area contributed by atoms with E-state index in [0.717, 1.165) is 32.0 Å². The molecule has 0 unspecified atom stereocenters. The number of aliphatic carboxylic acids is 1. The quantitative estimate of drug-likeness (QED) is 0.864. The van der Waals surface area contributed by atoms with E-state index >= 15 is 0 Å². The van der Waals surface area contributed by atoms with Crippen LogP contribution in [0.1, 0.15) is 49.0 Å². The Morgan fingerprint density at radius 3 is 2.67 bits per heavy atom. The molecule has 0 aliphatic carbocycles. The molecule has 1 N–H and O–H groups in total. The number of ketones is 1. The van der Waals surface area contributed by atoms with Gasteiger partial charge in [0.05, 0.1) is 12.0 Å². The molecule has 0 radical (unpaired) electrons. The number of carboxylic acids is 1. The van der Waals surface area contributed by atoms with Gasteiger partial charge in [-0.3, -0.25) is 4.79 Å². The standard InChI is InChI=1S/C19H23NO4/c1-13(2)20-9-7-19(8-10-20)12-16(21)15-11-14(4-6-18(22)23)3-5-17(15)24-19/h3-6,11,13H,7-10,12H2,1-2H3,(H,22,23)/b6-4+. The van der Waals surface area contributed by atoms with Crippen molar-refractivity contribution in [2.45, 2.75) is 44.8 Å². The Morgan fingerprint density at radius 2 is 2.04 bits per heavy atom. The van der Waals surface area contributed by atoms with Crippen LogP contribution in [-0.2, 0) is 4.79 Å². The molecule has 0 atom stereocenters. The number of nitrogens with zero attached hydrogens (tertiary/aromatic N) is 1. The molecule has 1 saturated heterocycles. The van der Waals surface area contributed by atoms with Crippen molar-refractivity contribution in [3.8, 4) is 5.75 Å². The lowest BCUT2D eigenvalue weighted by atomic mass is 9.82. The normalized spacial score (nSPS) is 20.4. The van der Waals surface area contributed by atoms with E-state index in [1.165, 1.54) is 6.08 Å². The molecule has 2 aliphatic rings. The average molecular weight is 329 g/mol.